The monoisotopic (exact) mass is 369 g/mol. The maximum Gasteiger partial charge on any atom is 0.261 e. The van der Waals surface area contributed by atoms with Crippen LogP contribution in [0.2, 0.25) is 0 Å². The van der Waals surface area contributed by atoms with Crippen LogP contribution >= 0.6 is 15.9 Å². The summed E-state index contributed by atoms with van der Waals surface area (Å²) < 4.78 is 32.4. The summed E-state index contributed by atoms with van der Waals surface area (Å²) >= 11 is 3.33. The van der Waals surface area contributed by atoms with Crippen LogP contribution in [0, 0.1) is 6.92 Å². The van der Waals surface area contributed by atoms with Gasteiger partial charge in [0.25, 0.3) is 10.0 Å². The molecule has 0 aliphatic rings. The highest BCUT2D eigenvalue weighted by atomic mass is 79.9. The van der Waals surface area contributed by atoms with Gasteiger partial charge in [-0.3, -0.25) is 4.72 Å². The van der Waals surface area contributed by atoms with Crippen molar-refractivity contribution in [1.82, 2.24) is 0 Å². The van der Waals surface area contributed by atoms with Gasteiger partial charge in [0.15, 0.2) is 0 Å². The molecule has 1 N–H and O–H groups in total. The minimum atomic E-state index is -3.58. The number of hydrogen-bond acceptors (Lipinski definition) is 3. The molecule has 2 rings (SSSR count). The molecule has 0 bridgehead atoms. The first-order chi connectivity index (χ1) is 9.96. The predicted molar refractivity (Wildman–Crippen MR) is 87.6 cm³/mol. The molecule has 0 radical (unpaired) electrons. The number of benzene rings is 2. The molecule has 112 valence electrons. The quantitative estimate of drug-likeness (QED) is 0.817. The van der Waals surface area contributed by atoms with E-state index in [0.29, 0.717) is 11.0 Å². The summed E-state index contributed by atoms with van der Waals surface area (Å²) in [5, 5.41) is 0.693. The molecule has 0 aliphatic carbocycles. The fourth-order valence-corrected chi connectivity index (χ4v) is 3.34. The summed E-state index contributed by atoms with van der Waals surface area (Å²) in [4.78, 5) is 0.237. The molecule has 0 spiro atoms. The van der Waals surface area contributed by atoms with E-state index in [0.717, 1.165) is 16.9 Å². The standard InChI is InChI=1S/C15H16BrNO3S/c1-11-9-13(5-8-15(11)20-2)17-21(18,19)14-6-3-12(10-16)4-7-14/h3-9,17H,10H2,1-2H3. The number of sulfonamides is 1. The van der Waals surface area contributed by atoms with Crippen LogP contribution in [0.25, 0.3) is 0 Å². The van der Waals surface area contributed by atoms with Crippen molar-refractivity contribution in [2.24, 2.45) is 0 Å². The third kappa shape index (κ3) is 3.77. The van der Waals surface area contributed by atoms with E-state index in [1.807, 2.05) is 6.92 Å². The Morgan fingerprint density at radius 1 is 1.14 bits per heavy atom. The molecular formula is C15H16BrNO3S. The van der Waals surface area contributed by atoms with Crippen molar-refractivity contribution < 1.29 is 13.2 Å². The van der Waals surface area contributed by atoms with Crippen LogP contribution in [-0.4, -0.2) is 15.5 Å². The lowest BCUT2D eigenvalue weighted by atomic mass is 10.2. The first-order valence-corrected chi connectivity index (χ1v) is 8.89. The predicted octanol–water partition coefficient (Wildman–Crippen LogP) is 3.70. The van der Waals surface area contributed by atoms with Gasteiger partial charge in [-0.2, -0.15) is 0 Å². The Hall–Kier alpha value is -1.53. The van der Waals surface area contributed by atoms with Gasteiger partial charge in [-0.05, 0) is 48.4 Å². The van der Waals surface area contributed by atoms with Crippen LogP contribution in [0.4, 0.5) is 5.69 Å². The Morgan fingerprint density at radius 3 is 2.33 bits per heavy atom. The van der Waals surface area contributed by atoms with E-state index in [9.17, 15) is 8.42 Å². The zero-order chi connectivity index (χ0) is 15.5. The second-order valence-corrected chi connectivity index (χ2v) is 6.81. The fraction of sp³-hybridized carbons (Fsp3) is 0.200. The van der Waals surface area contributed by atoms with Gasteiger partial charge in [-0.25, -0.2) is 8.42 Å². The molecule has 21 heavy (non-hydrogen) atoms. The lowest BCUT2D eigenvalue weighted by Gasteiger charge is -2.11. The summed E-state index contributed by atoms with van der Waals surface area (Å²) in [6.45, 7) is 1.86. The summed E-state index contributed by atoms with van der Waals surface area (Å²) in [5.41, 5.74) is 2.40. The van der Waals surface area contributed by atoms with E-state index in [-0.39, 0.29) is 4.90 Å². The van der Waals surface area contributed by atoms with Gasteiger partial charge in [0.1, 0.15) is 5.75 Å². The summed E-state index contributed by atoms with van der Waals surface area (Å²) in [5.74, 6) is 0.722. The second kappa shape index (κ2) is 6.49. The van der Waals surface area contributed by atoms with Gasteiger partial charge in [-0.1, -0.05) is 28.1 Å². The molecule has 2 aromatic rings. The summed E-state index contributed by atoms with van der Waals surface area (Å²) in [7, 11) is -2.00. The topological polar surface area (TPSA) is 55.4 Å². The highest BCUT2D eigenvalue weighted by Gasteiger charge is 2.14. The van der Waals surface area contributed by atoms with E-state index in [1.165, 1.54) is 0 Å². The number of hydrogen-bond donors (Lipinski definition) is 1. The number of aryl methyl sites for hydroxylation is 1. The average Bonchev–Trinajstić information content (AvgIpc) is 2.47. The largest absolute Gasteiger partial charge is 0.496 e. The Kier molecular flexibility index (Phi) is 4.90. The van der Waals surface area contributed by atoms with Gasteiger partial charge >= 0.3 is 0 Å². The molecular weight excluding hydrogens is 354 g/mol. The number of alkyl halides is 1. The third-order valence-corrected chi connectivity index (χ3v) is 5.08. The molecule has 2 aromatic carbocycles. The minimum Gasteiger partial charge on any atom is -0.496 e. The molecule has 0 aromatic heterocycles. The van der Waals surface area contributed by atoms with Crippen molar-refractivity contribution in [3.63, 3.8) is 0 Å². The molecule has 0 aliphatic heterocycles. The zero-order valence-electron chi connectivity index (χ0n) is 11.8. The molecule has 4 nitrogen and oxygen atoms in total. The summed E-state index contributed by atoms with van der Waals surface area (Å²) in [6, 6.07) is 11.9. The van der Waals surface area contributed by atoms with E-state index in [1.54, 1.807) is 49.6 Å². The van der Waals surface area contributed by atoms with Crippen molar-refractivity contribution in [2.75, 3.05) is 11.8 Å². The molecule has 0 saturated carbocycles. The molecule has 6 heteroatoms. The minimum absolute atomic E-state index is 0.237. The maximum absolute atomic E-state index is 12.3. The molecule has 0 unspecified atom stereocenters. The highest BCUT2D eigenvalue weighted by Crippen LogP contribution is 2.23. The van der Waals surface area contributed by atoms with Crippen molar-refractivity contribution in [3.05, 3.63) is 53.6 Å². The number of ether oxygens (including phenoxy) is 1. The van der Waals surface area contributed by atoms with Crippen molar-refractivity contribution >= 4 is 31.6 Å². The highest BCUT2D eigenvalue weighted by molar-refractivity contribution is 9.08. The van der Waals surface area contributed by atoms with Crippen LogP contribution < -0.4 is 9.46 Å². The van der Waals surface area contributed by atoms with E-state index in [4.69, 9.17) is 4.74 Å². The Morgan fingerprint density at radius 2 is 1.81 bits per heavy atom. The van der Waals surface area contributed by atoms with Gasteiger partial charge in [0.2, 0.25) is 0 Å². The Labute approximate surface area is 133 Å². The van der Waals surface area contributed by atoms with Crippen LogP contribution in [0.5, 0.6) is 5.75 Å². The molecule has 0 atom stereocenters. The van der Waals surface area contributed by atoms with Crippen molar-refractivity contribution in [1.29, 1.82) is 0 Å². The Bertz CT molecular complexity index is 727. The summed E-state index contributed by atoms with van der Waals surface area (Å²) in [6.07, 6.45) is 0. The Balaban J connectivity index is 2.26. The molecule has 0 saturated heterocycles. The van der Waals surface area contributed by atoms with Crippen LogP contribution in [0.1, 0.15) is 11.1 Å². The lowest BCUT2D eigenvalue weighted by molar-refractivity contribution is 0.412. The normalized spacial score (nSPS) is 11.2. The number of methoxy groups -OCH3 is 1. The van der Waals surface area contributed by atoms with Crippen molar-refractivity contribution in [3.8, 4) is 5.75 Å². The lowest BCUT2D eigenvalue weighted by Crippen LogP contribution is -2.13. The van der Waals surface area contributed by atoms with E-state index < -0.39 is 10.0 Å². The number of anilines is 1. The first-order valence-electron chi connectivity index (χ1n) is 6.28. The third-order valence-electron chi connectivity index (χ3n) is 3.04. The van der Waals surface area contributed by atoms with Gasteiger partial charge in [0, 0.05) is 11.0 Å². The average molecular weight is 370 g/mol. The molecule has 0 fully saturated rings. The maximum atomic E-state index is 12.3. The number of halogens is 1. The zero-order valence-corrected chi connectivity index (χ0v) is 14.2. The fourth-order valence-electron chi connectivity index (χ4n) is 1.91. The van der Waals surface area contributed by atoms with Crippen molar-refractivity contribution in [2.45, 2.75) is 17.1 Å². The smallest absolute Gasteiger partial charge is 0.261 e. The van der Waals surface area contributed by atoms with Gasteiger partial charge in [0.05, 0.1) is 12.0 Å². The van der Waals surface area contributed by atoms with Crippen LogP contribution in [0.15, 0.2) is 47.4 Å². The number of rotatable bonds is 5. The molecule has 0 heterocycles. The van der Waals surface area contributed by atoms with E-state index >= 15 is 0 Å². The first kappa shape index (κ1) is 15.9. The molecule has 0 amide bonds. The van der Waals surface area contributed by atoms with Crippen LogP contribution in [0.3, 0.4) is 0 Å². The van der Waals surface area contributed by atoms with Crippen LogP contribution in [-0.2, 0) is 15.4 Å². The van der Waals surface area contributed by atoms with Gasteiger partial charge in [-0.15, -0.1) is 0 Å². The SMILES string of the molecule is COc1ccc(NS(=O)(=O)c2ccc(CBr)cc2)cc1C. The van der Waals surface area contributed by atoms with Gasteiger partial charge < -0.3 is 4.74 Å². The van der Waals surface area contributed by atoms with E-state index in [2.05, 4.69) is 20.7 Å². The number of nitrogens with one attached hydrogen (secondary N) is 1. The second-order valence-electron chi connectivity index (χ2n) is 4.57.